The van der Waals surface area contributed by atoms with E-state index < -0.39 is 0 Å². The van der Waals surface area contributed by atoms with Gasteiger partial charge in [-0.1, -0.05) is 18.2 Å². The van der Waals surface area contributed by atoms with E-state index >= 15 is 0 Å². The van der Waals surface area contributed by atoms with Crippen LogP contribution in [0.15, 0.2) is 36.9 Å². The van der Waals surface area contributed by atoms with Crippen LogP contribution in [0.5, 0.6) is 5.75 Å². The van der Waals surface area contributed by atoms with Crippen LogP contribution in [-0.4, -0.2) is 13.2 Å². The molecule has 0 unspecified atom stereocenters. The van der Waals surface area contributed by atoms with Crippen LogP contribution in [-0.2, 0) is 6.54 Å². The molecule has 0 aliphatic carbocycles. The van der Waals surface area contributed by atoms with E-state index in [2.05, 4.69) is 24.0 Å². The van der Waals surface area contributed by atoms with Gasteiger partial charge in [0.05, 0.1) is 6.61 Å². The average Bonchev–Trinajstić information content (AvgIpc) is 2.19. The van der Waals surface area contributed by atoms with E-state index in [0.29, 0.717) is 6.61 Å². The molecule has 0 atom stereocenters. The summed E-state index contributed by atoms with van der Waals surface area (Å²) < 4.78 is 5.40. The fraction of sp³-hybridized carbons (Fsp3) is 0.333. The van der Waals surface area contributed by atoms with Crippen molar-refractivity contribution in [1.82, 2.24) is 5.32 Å². The molecule has 0 aromatic heterocycles. The van der Waals surface area contributed by atoms with Crippen LogP contribution >= 0.6 is 0 Å². The zero-order valence-electron chi connectivity index (χ0n) is 9.00. The molecule has 1 rings (SSSR count). The van der Waals surface area contributed by atoms with Gasteiger partial charge in [0, 0.05) is 13.1 Å². The van der Waals surface area contributed by atoms with Crippen molar-refractivity contribution in [3.63, 3.8) is 0 Å². The molecule has 1 aromatic rings. The first kappa shape index (κ1) is 14.0. The van der Waals surface area contributed by atoms with Crippen LogP contribution in [0.3, 0.4) is 0 Å². The van der Waals surface area contributed by atoms with E-state index in [0.717, 1.165) is 18.8 Å². The predicted molar refractivity (Wildman–Crippen MR) is 59.5 cm³/mol. The van der Waals surface area contributed by atoms with E-state index in [9.17, 15) is 0 Å². The van der Waals surface area contributed by atoms with E-state index in [1.54, 1.807) is 0 Å². The Kier molecular flexibility index (Phi) is 7.78. The quantitative estimate of drug-likeness (QED) is 0.515. The summed E-state index contributed by atoms with van der Waals surface area (Å²) >= 11 is 0. The average molecular weight is 227 g/mol. The minimum Gasteiger partial charge on any atom is -1.00 e. The number of halogens is 1. The fourth-order valence-corrected chi connectivity index (χ4v) is 1.23. The summed E-state index contributed by atoms with van der Waals surface area (Å²) in [6, 6.07) is 8.12. The van der Waals surface area contributed by atoms with Crippen LogP contribution in [0.1, 0.15) is 12.5 Å². The third kappa shape index (κ3) is 5.45. The van der Waals surface area contributed by atoms with Gasteiger partial charge in [0.2, 0.25) is 0 Å². The van der Waals surface area contributed by atoms with Gasteiger partial charge in [0.25, 0.3) is 0 Å². The molecular weight excluding hydrogens is 210 g/mol. The van der Waals surface area contributed by atoms with Crippen molar-refractivity contribution in [2.45, 2.75) is 13.5 Å². The lowest BCUT2D eigenvalue weighted by Crippen LogP contribution is -3.00. The van der Waals surface area contributed by atoms with Gasteiger partial charge in [-0.05, 0) is 24.6 Å². The Labute approximate surface area is 97.7 Å². The van der Waals surface area contributed by atoms with Gasteiger partial charge in [0.1, 0.15) is 5.75 Å². The SMILES string of the molecule is C=CCNCc1cccc(OCC)c1.[Cl-]. The second-order valence-electron chi connectivity index (χ2n) is 3.00. The molecule has 1 N–H and O–H groups in total. The molecule has 0 amide bonds. The number of nitrogens with one attached hydrogen (secondary N) is 1. The van der Waals surface area contributed by atoms with Crippen molar-refractivity contribution in [2.75, 3.05) is 13.2 Å². The third-order valence-corrected chi connectivity index (χ3v) is 1.83. The van der Waals surface area contributed by atoms with E-state index in [1.807, 2.05) is 25.1 Å². The first-order valence-corrected chi connectivity index (χ1v) is 4.90. The molecule has 2 nitrogen and oxygen atoms in total. The Bertz CT molecular complexity index is 289. The summed E-state index contributed by atoms with van der Waals surface area (Å²) in [4.78, 5) is 0. The van der Waals surface area contributed by atoms with Crippen LogP contribution in [0, 0.1) is 0 Å². The molecule has 0 saturated heterocycles. The Morgan fingerprint density at radius 1 is 1.47 bits per heavy atom. The number of hydrogen-bond donors (Lipinski definition) is 1. The molecule has 0 aliphatic rings. The van der Waals surface area contributed by atoms with Gasteiger partial charge < -0.3 is 22.5 Å². The molecule has 0 heterocycles. The van der Waals surface area contributed by atoms with E-state index in [4.69, 9.17) is 4.74 Å². The molecule has 0 bridgehead atoms. The van der Waals surface area contributed by atoms with Crippen molar-refractivity contribution in [1.29, 1.82) is 0 Å². The molecule has 0 saturated carbocycles. The molecule has 15 heavy (non-hydrogen) atoms. The van der Waals surface area contributed by atoms with Gasteiger partial charge in [-0.25, -0.2) is 0 Å². The second kappa shape index (κ2) is 8.33. The van der Waals surface area contributed by atoms with Gasteiger partial charge in [-0.3, -0.25) is 0 Å². The lowest BCUT2D eigenvalue weighted by molar-refractivity contribution is -0.00000354. The van der Waals surface area contributed by atoms with Crippen molar-refractivity contribution < 1.29 is 17.1 Å². The van der Waals surface area contributed by atoms with Gasteiger partial charge >= 0.3 is 0 Å². The van der Waals surface area contributed by atoms with Gasteiger partial charge in [0.15, 0.2) is 0 Å². The molecular formula is C12H17ClNO-. The van der Waals surface area contributed by atoms with Crippen molar-refractivity contribution in [3.05, 3.63) is 42.5 Å². The number of benzene rings is 1. The van der Waals surface area contributed by atoms with Crippen LogP contribution in [0.25, 0.3) is 0 Å². The standard InChI is InChI=1S/C12H17NO.ClH/c1-3-8-13-10-11-6-5-7-12(9-11)14-4-2;/h3,5-7,9,13H,1,4,8,10H2,2H3;1H/p-1. The summed E-state index contributed by atoms with van der Waals surface area (Å²) in [7, 11) is 0. The third-order valence-electron chi connectivity index (χ3n) is 1.83. The maximum absolute atomic E-state index is 5.40. The normalized spacial score (nSPS) is 9.13. The lowest BCUT2D eigenvalue weighted by atomic mass is 10.2. The van der Waals surface area contributed by atoms with Crippen LogP contribution in [0.4, 0.5) is 0 Å². The van der Waals surface area contributed by atoms with E-state index in [1.165, 1.54) is 5.56 Å². The van der Waals surface area contributed by atoms with Crippen LogP contribution < -0.4 is 22.5 Å². The summed E-state index contributed by atoms with van der Waals surface area (Å²) in [5.74, 6) is 0.936. The maximum atomic E-state index is 5.40. The summed E-state index contributed by atoms with van der Waals surface area (Å²) in [5, 5.41) is 3.25. The minimum atomic E-state index is 0. The zero-order chi connectivity index (χ0) is 10.2. The molecule has 0 fully saturated rings. The predicted octanol–water partition coefficient (Wildman–Crippen LogP) is -0.635. The highest BCUT2D eigenvalue weighted by Crippen LogP contribution is 2.12. The molecule has 0 radical (unpaired) electrons. The minimum absolute atomic E-state index is 0. The highest BCUT2D eigenvalue weighted by Gasteiger charge is 1.94. The van der Waals surface area contributed by atoms with Gasteiger partial charge in [-0.2, -0.15) is 0 Å². The highest BCUT2D eigenvalue weighted by atomic mass is 35.5. The highest BCUT2D eigenvalue weighted by molar-refractivity contribution is 5.28. The Morgan fingerprint density at radius 2 is 2.27 bits per heavy atom. The Hall–Kier alpha value is -0.990. The first-order chi connectivity index (χ1) is 6.86. The Balaban J connectivity index is 0.00000196. The summed E-state index contributed by atoms with van der Waals surface area (Å²) in [6.45, 7) is 8.04. The smallest absolute Gasteiger partial charge is 0.119 e. The Morgan fingerprint density at radius 3 is 2.93 bits per heavy atom. The largest absolute Gasteiger partial charge is 1.00 e. The van der Waals surface area contributed by atoms with E-state index in [-0.39, 0.29) is 12.4 Å². The van der Waals surface area contributed by atoms with Gasteiger partial charge in [-0.15, -0.1) is 6.58 Å². The van der Waals surface area contributed by atoms with Crippen LogP contribution in [0.2, 0.25) is 0 Å². The summed E-state index contributed by atoms with van der Waals surface area (Å²) in [5.41, 5.74) is 1.23. The summed E-state index contributed by atoms with van der Waals surface area (Å²) in [6.07, 6.45) is 1.85. The number of hydrogen-bond acceptors (Lipinski definition) is 2. The zero-order valence-corrected chi connectivity index (χ0v) is 9.76. The molecule has 84 valence electrons. The fourth-order valence-electron chi connectivity index (χ4n) is 1.23. The number of rotatable bonds is 6. The first-order valence-electron chi connectivity index (χ1n) is 4.90. The van der Waals surface area contributed by atoms with Crippen molar-refractivity contribution in [2.24, 2.45) is 0 Å². The maximum Gasteiger partial charge on any atom is 0.119 e. The molecule has 1 aromatic carbocycles. The molecule has 3 heteroatoms. The number of ether oxygens (including phenoxy) is 1. The van der Waals surface area contributed by atoms with Crippen molar-refractivity contribution >= 4 is 0 Å². The topological polar surface area (TPSA) is 21.3 Å². The van der Waals surface area contributed by atoms with Crippen molar-refractivity contribution in [3.8, 4) is 5.75 Å². The monoisotopic (exact) mass is 226 g/mol. The molecule has 0 aliphatic heterocycles. The second-order valence-corrected chi connectivity index (χ2v) is 3.00. The lowest BCUT2D eigenvalue weighted by Gasteiger charge is -2.06. The molecule has 0 spiro atoms.